The summed E-state index contributed by atoms with van der Waals surface area (Å²) in [5.41, 5.74) is 0. The molecular formula is C12H24N2O2. The number of aliphatic hydroxyl groups excluding tert-OH is 1. The van der Waals surface area contributed by atoms with Crippen LogP contribution in [0.2, 0.25) is 0 Å². The number of nitrogens with zero attached hydrogens (tertiary/aromatic N) is 1. The maximum atomic E-state index is 11.7. The van der Waals surface area contributed by atoms with Gasteiger partial charge in [-0.3, -0.25) is 4.79 Å². The minimum Gasteiger partial charge on any atom is -0.392 e. The maximum Gasteiger partial charge on any atom is 0.222 e. The van der Waals surface area contributed by atoms with Gasteiger partial charge < -0.3 is 15.3 Å². The fraction of sp³-hybridized carbons (Fsp3) is 0.917. The molecule has 0 aromatic carbocycles. The van der Waals surface area contributed by atoms with Crippen LogP contribution in [0.3, 0.4) is 0 Å². The van der Waals surface area contributed by atoms with E-state index in [9.17, 15) is 9.90 Å². The van der Waals surface area contributed by atoms with Gasteiger partial charge in [0.05, 0.1) is 6.10 Å². The van der Waals surface area contributed by atoms with E-state index in [0.29, 0.717) is 19.0 Å². The number of piperidine rings is 1. The van der Waals surface area contributed by atoms with E-state index in [2.05, 4.69) is 5.32 Å². The molecule has 2 unspecified atom stereocenters. The fourth-order valence-electron chi connectivity index (χ4n) is 2.16. The van der Waals surface area contributed by atoms with Crippen LogP contribution in [0.1, 0.15) is 39.0 Å². The molecule has 0 aromatic heterocycles. The van der Waals surface area contributed by atoms with Crippen LogP contribution in [0.15, 0.2) is 0 Å². The van der Waals surface area contributed by atoms with Crippen molar-refractivity contribution in [1.82, 2.24) is 10.2 Å². The molecule has 0 bridgehead atoms. The lowest BCUT2D eigenvalue weighted by atomic mass is 10.0. The molecule has 1 fully saturated rings. The molecule has 0 aliphatic carbocycles. The van der Waals surface area contributed by atoms with Crippen LogP contribution < -0.4 is 5.32 Å². The zero-order valence-corrected chi connectivity index (χ0v) is 10.4. The van der Waals surface area contributed by atoms with Crippen molar-refractivity contribution in [1.29, 1.82) is 0 Å². The number of likely N-dealkylation sites (N-methyl/N-ethyl adjacent to an activating group) is 1. The first-order chi connectivity index (χ1) is 7.59. The second kappa shape index (κ2) is 6.86. The summed E-state index contributed by atoms with van der Waals surface area (Å²) in [5, 5.41) is 12.6. The third-order valence-electron chi connectivity index (χ3n) is 3.08. The Morgan fingerprint density at radius 3 is 2.88 bits per heavy atom. The van der Waals surface area contributed by atoms with E-state index >= 15 is 0 Å². The van der Waals surface area contributed by atoms with Crippen LogP contribution in [-0.4, -0.2) is 48.2 Å². The van der Waals surface area contributed by atoms with Gasteiger partial charge in [0.15, 0.2) is 0 Å². The van der Waals surface area contributed by atoms with Gasteiger partial charge in [-0.15, -0.1) is 0 Å². The van der Waals surface area contributed by atoms with Gasteiger partial charge in [0.25, 0.3) is 0 Å². The molecular weight excluding hydrogens is 204 g/mol. The van der Waals surface area contributed by atoms with E-state index < -0.39 is 6.10 Å². The van der Waals surface area contributed by atoms with E-state index in [0.717, 1.165) is 13.0 Å². The lowest BCUT2D eigenvalue weighted by Gasteiger charge is -2.24. The molecule has 1 rings (SSSR count). The zero-order valence-electron chi connectivity index (χ0n) is 10.4. The molecule has 0 spiro atoms. The molecule has 4 nitrogen and oxygen atoms in total. The highest BCUT2D eigenvalue weighted by atomic mass is 16.3. The standard InChI is InChI=1S/C12H24N2O2/c1-10(15)9-14(2)12(16)7-6-11-5-3-4-8-13-11/h10-11,13,15H,3-9H2,1-2H3. The summed E-state index contributed by atoms with van der Waals surface area (Å²) in [4.78, 5) is 13.3. The second-order valence-electron chi connectivity index (χ2n) is 4.81. The quantitative estimate of drug-likeness (QED) is 0.730. The van der Waals surface area contributed by atoms with Crippen molar-refractivity contribution in [2.45, 2.75) is 51.2 Å². The molecule has 1 amide bonds. The topological polar surface area (TPSA) is 52.6 Å². The van der Waals surface area contributed by atoms with Crippen LogP contribution in [0.25, 0.3) is 0 Å². The Hall–Kier alpha value is -0.610. The Kier molecular flexibility index (Phi) is 5.77. The second-order valence-corrected chi connectivity index (χ2v) is 4.81. The smallest absolute Gasteiger partial charge is 0.222 e. The van der Waals surface area contributed by atoms with E-state index in [1.54, 1.807) is 18.9 Å². The Morgan fingerprint density at radius 1 is 1.56 bits per heavy atom. The molecule has 1 heterocycles. The van der Waals surface area contributed by atoms with Crippen molar-refractivity contribution < 1.29 is 9.90 Å². The average Bonchev–Trinajstić information content (AvgIpc) is 2.26. The summed E-state index contributed by atoms with van der Waals surface area (Å²) in [5.74, 6) is 0.133. The van der Waals surface area contributed by atoms with E-state index in [-0.39, 0.29) is 5.91 Å². The number of rotatable bonds is 5. The normalized spacial score (nSPS) is 22.8. The number of carbonyl (C=O) groups excluding carboxylic acids is 1. The summed E-state index contributed by atoms with van der Waals surface area (Å²) in [6.07, 6.45) is 4.78. The molecule has 1 aliphatic heterocycles. The number of aliphatic hydroxyl groups is 1. The molecule has 1 saturated heterocycles. The van der Waals surface area contributed by atoms with E-state index in [1.165, 1.54) is 19.3 Å². The predicted molar refractivity (Wildman–Crippen MR) is 64.2 cm³/mol. The molecule has 0 radical (unpaired) electrons. The Balaban J connectivity index is 2.17. The number of nitrogens with one attached hydrogen (secondary N) is 1. The van der Waals surface area contributed by atoms with Crippen LogP contribution >= 0.6 is 0 Å². The molecule has 4 heteroatoms. The lowest BCUT2D eigenvalue weighted by molar-refractivity contribution is -0.131. The summed E-state index contributed by atoms with van der Waals surface area (Å²) >= 11 is 0. The minimum atomic E-state index is -0.443. The van der Waals surface area contributed by atoms with Gasteiger partial charge in [0.1, 0.15) is 0 Å². The average molecular weight is 228 g/mol. The SMILES string of the molecule is CC(O)CN(C)C(=O)CCC1CCCCN1. The molecule has 0 saturated carbocycles. The predicted octanol–water partition coefficient (Wildman–Crippen LogP) is 0.748. The van der Waals surface area contributed by atoms with Gasteiger partial charge >= 0.3 is 0 Å². The summed E-state index contributed by atoms with van der Waals surface area (Å²) in [6.45, 7) is 3.21. The lowest BCUT2D eigenvalue weighted by Crippen LogP contribution is -2.37. The minimum absolute atomic E-state index is 0.133. The number of hydrogen-bond donors (Lipinski definition) is 2. The van der Waals surface area contributed by atoms with Crippen LogP contribution in [0.5, 0.6) is 0 Å². The third kappa shape index (κ3) is 4.94. The van der Waals surface area contributed by atoms with E-state index in [1.807, 2.05) is 0 Å². The largest absolute Gasteiger partial charge is 0.392 e. The van der Waals surface area contributed by atoms with Crippen molar-refractivity contribution in [3.05, 3.63) is 0 Å². The number of amides is 1. The van der Waals surface area contributed by atoms with Gasteiger partial charge in [-0.2, -0.15) is 0 Å². The molecule has 94 valence electrons. The van der Waals surface area contributed by atoms with Gasteiger partial charge in [0, 0.05) is 26.1 Å². The molecule has 16 heavy (non-hydrogen) atoms. The van der Waals surface area contributed by atoms with Crippen molar-refractivity contribution in [3.8, 4) is 0 Å². The Labute approximate surface area is 98.0 Å². The first kappa shape index (κ1) is 13.5. The van der Waals surface area contributed by atoms with Gasteiger partial charge in [-0.25, -0.2) is 0 Å². The van der Waals surface area contributed by atoms with Crippen LogP contribution in [-0.2, 0) is 4.79 Å². The number of hydrogen-bond acceptors (Lipinski definition) is 3. The van der Waals surface area contributed by atoms with Crippen molar-refractivity contribution in [2.75, 3.05) is 20.1 Å². The Bertz CT molecular complexity index is 213. The van der Waals surface area contributed by atoms with Crippen LogP contribution in [0, 0.1) is 0 Å². The first-order valence-electron chi connectivity index (χ1n) is 6.25. The Morgan fingerprint density at radius 2 is 2.31 bits per heavy atom. The molecule has 0 aromatic rings. The van der Waals surface area contributed by atoms with Crippen molar-refractivity contribution in [2.24, 2.45) is 0 Å². The summed E-state index contributed by atoms with van der Waals surface area (Å²) in [6, 6.07) is 0.512. The van der Waals surface area contributed by atoms with Gasteiger partial charge in [-0.1, -0.05) is 6.42 Å². The molecule has 1 aliphatic rings. The third-order valence-corrected chi connectivity index (χ3v) is 3.08. The van der Waals surface area contributed by atoms with Gasteiger partial charge in [0.2, 0.25) is 5.91 Å². The van der Waals surface area contributed by atoms with Gasteiger partial charge in [-0.05, 0) is 32.7 Å². The fourth-order valence-corrected chi connectivity index (χ4v) is 2.16. The number of carbonyl (C=O) groups is 1. The summed E-state index contributed by atoms with van der Waals surface area (Å²) < 4.78 is 0. The molecule has 2 atom stereocenters. The van der Waals surface area contributed by atoms with Crippen molar-refractivity contribution in [3.63, 3.8) is 0 Å². The first-order valence-corrected chi connectivity index (χ1v) is 6.25. The van der Waals surface area contributed by atoms with E-state index in [4.69, 9.17) is 0 Å². The zero-order chi connectivity index (χ0) is 12.0. The highest BCUT2D eigenvalue weighted by Crippen LogP contribution is 2.12. The van der Waals surface area contributed by atoms with Crippen molar-refractivity contribution >= 4 is 5.91 Å². The highest BCUT2D eigenvalue weighted by Gasteiger charge is 2.16. The molecule has 2 N–H and O–H groups in total. The summed E-state index contributed by atoms with van der Waals surface area (Å²) in [7, 11) is 1.75. The monoisotopic (exact) mass is 228 g/mol. The highest BCUT2D eigenvalue weighted by molar-refractivity contribution is 5.75. The maximum absolute atomic E-state index is 11.7. The van der Waals surface area contributed by atoms with Crippen LogP contribution in [0.4, 0.5) is 0 Å².